The van der Waals surface area contributed by atoms with E-state index in [4.69, 9.17) is 0 Å². The summed E-state index contributed by atoms with van der Waals surface area (Å²) in [7, 11) is 0. The molecule has 0 aliphatic carbocycles. The highest BCUT2D eigenvalue weighted by molar-refractivity contribution is 9.10. The summed E-state index contributed by atoms with van der Waals surface area (Å²) in [6.07, 6.45) is 0. The highest BCUT2D eigenvalue weighted by Crippen LogP contribution is 2.18. The molecule has 0 heterocycles. The van der Waals surface area contributed by atoms with Gasteiger partial charge < -0.3 is 10.4 Å². The number of aliphatic carboxylic acids is 1. The molecule has 1 amide bonds. The van der Waals surface area contributed by atoms with Gasteiger partial charge in [0.25, 0.3) is 5.91 Å². The molecule has 108 valence electrons. The summed E-state index contributed by atoms with van der Waals surface area (Å²) in [4.78, 5) is 23.6. The molecule has 0 aromatic heterocycles. The number of carboxylic acid groups (broad SMARTS) is 1. The van der Waals surface area contributed by atoms with Crippen molar-refractivity contribution in [2.45, 2.75) is 13.0 Å². The lowest BCUT2D eigenvalue weighted by Crippen LogP contribution is -2.33. The van der Waals surface area contributed by atoms with Crippen LogP contribution in [0.1, 0.15) is 27.5 Å². The van der Waals surface area contributed by atoms with Crippen LogP contribution in [0.4, 0.5) is 0 Å². The van der Waals surface area contributed by atoms with Crippen LogP contribution in [0, 0.1) is 6.92 Å². The van der Waals surface area contributed by atoms with Crippen LogP contribution in [-0.2, 0) is 4.79 Å². The molecule has 0 aliphatic heterocycles. The fourth-order valence-electron chi connectivity index (χ4n) is 1.93. The molecule has 0 radical (unpaired) electrons. The Labute approximate surface area is 130 Å². The van der Waals surface area contributed by atoms with Crippen molar-refractivity contribution >= 4 is 27.8 Å². The van der Waals surface area contributed by atoms with E-state index in [2.05, 4.69) is 21.2 Å². The summed E-state index contributed by atoms with van der Waals surface area (Å²) in [5, 5.41) is 11.8. The van der Waals surface area contributed by atoms with Crippen LogP contribution in [0.5, 0.6) is 0 Å². The Balaban J connectivity index is 2.23. The Morgan fingerprint density at radius 2 is 1.81 bits per heavy atom. The van der Waals surface area contributed by atoms with Crippen LogP contribution in [0.25, 0.3) is 0 Å². The number of aryl methyl sites for hydroxylation is 1. The van der Waals surface area contributed by atoms with E-state index in [1.54, 1.807) is 48.5 Å². The minimum atomic E-state index is -1.09. The molecular weight excluding hydrogens is 334 g/mol. The van der Waals surface area contributed by atoms with Gasteiger partial charge in [0, 0.05) is 10.0 Å². The van der Waals surface area contributed by atoms with Gasteiger partial charge in [-0.2, -0.15) is 0 Å². The standard InChI is InChI=1S/C16H14BrNO3/c1-10-9-12(7-8-13(10)17)15(19)18-14(16(20)21)11-5-3-2-4-6-11/h2-9,14H,1H3,(H,18,19)(H,20,21)/t14-/m1/s1. The molecular formula is C16H14BrNO3. The smallest absolute Gasteiger partial charge is 0.330 e. The number of rotatable bonds is 4. The third-order valence-electron chi connectivity index (χ3n) is 3.08. The average molecular weight is 348 g/mol. The van der Waals surface area contributed by atoms with E-state index in [1.807, 2.05) is 6.92 Å². The van der Waals surface area contributed by atoms with Crippen molar-refractivity contribution in [2.24, 2.45) is 0 Å². The number of carboxylic acids is 1. The molecule has 5 heteroatoms. The predicted octanol–water partition coefficient (Wildman–Crippen LogP) is 3.31. The number of nitrogens with one attached hydrogen (secondary N) is 1. The normalized spacial score (nSPS) is 11.7. The maximum absolute atomic E-state index is 12.2. The molecule has 2 aromatic rings. The van der Waals surface area contributed by atoms with Gasteiger partial charge in [0.15, 0.2) is 6.04 Å². The molecule has 2 rings (SSSR count). The van der Waals surface area contributed by atoms with Crippen LogP contribution in [-0.4, -0.2) is 17.0 Å². The van der Waals surface area contributed by atoms with Crippen LogP contribution in [0.3, 0.4) is 0 Å². The van der Waals surface area contributed by atoms with Crippen molar-refractivity contribution in [2.75, 3.05) is 0 Å². The first kappa shape index (κ1) is 15.3. The third-order valence-corrected chi connectivity index (χ3v) is 3.97. The Morgan fingerprint density at radius 1 is 1.14 bits per heavy atom. The minimum Gasteiger partial charge on any atom is -0.479 e. The summed E-state index contributed by atoms with van der Waals surface area (Å²) < 4.78 is 0.900. The Morgan fingerprint density at radius 3 is 2.38 bits per heavy atom. The number of hydrogen-bond donors (Lipinski definition) is 2. The van der Waals surface area contributed by atoms with E-state index in [0.29, 0.717) is 11.1 Å². The number of benzene rings is 2. The molecule has 0 aliphatic rings. The van der Waals surface area contributed by atoms with E-state index in [0.717, 1.165) is 10.0 Å². The zero-order chi connectivity index (χ0) is 15.4. The topological polar surface area (TPSA) is 66.4 Å². The lowest BCUT2D eigenvalue weighted by Gasteiger charge is -2.15. The quantitative estimate of drug-likeness (QED) is 0.891. The number of hydrogen-bond acceptors (Lipinski definition) is 2. The van der Waals surface area contributed by atoms with Crippen molar-refractivity contribution in [3.63, 3.8) is 0 Å². The highest BCUT2D eigenvalue weighted by Gasteiger charge is 2.22. The van der Waals surface area contributed by atoms with Crippen LogP contribution in [0.2, 0.25) is 0 Å². The summed E-state index contributed by atoms with van der Waals surface area (Å²) in [5.41, 5.74) is 1.87. The second-order valence-corrected chi connectivity index (χ2v) is 5.47. The third kappa shape index (κ3) is 3.70. The summed E-state index contributed by atoms with van der Waals surface area (Å²) in [6, 6.07) is 12.7. The molecule has 0 unspecified atom stereocenters. The molecule has 0 bridgehead atoms. The SMILES string of the molecule is Cc1cc(C(=O)N[C@@H](C(=O)O)c2ccccc2)ccc1Br. The molecule has 4 nitrogen and oxygen atoms in total. The van der Waals surface area contributed by atoms with Gasteiger partial charge in [-0.3, -0.25) is 4.79 Å². The summed E-state index contributed by atoms with van der Waals surface area (Å²) in [5.74, 6) is -1.51. The van der Waals surface area contributed by atoms with Gasteiger partial charge in [-0.1, -0.05) is 46.3 Å². The van der Waals surface area contributed by atoms with E-state index in [1.165, 1.54) is 0 Å². The number of carbonyl (C=O) groups excluding carboxylic acids is 1. The molecule has 21 heavy (non-hydrogen) atoms. The molecule has 2 N–H and O–H groups in total. The Hall–Kier alpha value is -2.14. The van der Waals surface area contributed by atoms with E-state index in [-0.39, 0.29) is 0 Å². The van der Waals surface area contributed by atoms with Crippen LogP contribution in [0.15, 0.2) is 53.0 Å². The van der Waals surface area contributed by atoms with Gasteiger partial charge in [0.2, 0.25) is 0 Å². The predicted molar refractivity (Wildman–Crippen MR) is 83.2 cm³/mol. The zero-order valence-corrected chi connectivity index (χ0v) is 12.9. The average Bonchev–Trinajstić information content (AvgIpc) is 2.48. The molecule has 0 fully saturated rings. The lowest BCUT2D eigenvalue weighted by atomic mass is 10.1. The summed E-state index contributed by atoms with van der Waals surface area (Å²) in [6.45, 7) is 1.87. The first-order valence-corrected chi connectivity index (χ1v) is 7.13. The van der Waals surface area contributed by atoms with Gasteiger partial charge in [-0.25, -0.2) is 4.79 Å². The Bertz CT molecular complexity index is 670. The second kappa shape index (κ2) is 6.54. The van der Waals surface area contributed by atoms with Crippen molar-refractivity contribution in [1.29, 1.82) is 0 Å². The molecule has 2 aromatic carbocycles. The van der Waals surface area contributed by atoms with Crippen molar-refractivity contribution in [3.05, 3.63) is 69.7 Å². The zero-order valence-electron chi connectivity index (χ0n) is 11.3. The van der Waals surface area contributed by atoms with Crippen molar-refractivity contribution in [1.82, 2.24) is 5.32 Å². The minimum absolute atomic E-state index is 0.415. The fourth-order valence-corrected chi connectivity index (χ4v) is 2.18. The fraction of sp³-hybridized carbons (Fsp3) is 0.125. The van der Waals surface area contributed by atoms with Gasteiger partial charge in [-0.05, 0) is 36.2 Å². The van der Waals surface area contributed by atoms with Gasteiger partial charge in [0.05, 0.1) is 0 Å². The maximum atomic E-state index is 12.2. The summed E-state index contributed by atoms with van der Waals surface area (Å²) >= 11 is 3.36. The maximum Gasteiger partial charge on any atom is 0.330 e. The van der Waals surface area contributed by atoms with Gasteiger partial charge in [-0.15, -0.1) is 0 Å². The van der Waals surface area contributed by atoms with Crippen molar-refractivity contribution < 1.29 is 14.7 Å². The number of carbonyl (C=O) groups is 2. The first-order valence-electron chi connectivity index (χ1n) is 6.34. The van der Waals surface area contributed by atoms with Gasteiger partial charge in [0.1, 0.15) is 0 Å². The monoisotopic (exact) mass is 347 g/mol. The molecule has 0 saturated heterocycles. The largest absolute Gasteiger partial charge is 0.479 e. The highest BCUT2D eigenvalue weighted by atomic mass is 79.9. The molecule has 1 atom stereocenters. The van der Waals surface area contributed by atoms with Crippen LogP contribution >= 0.6 is 15.9 Å². The van der Waals surface area contributed by atoms with Crippen molar-refractivity contribution in [3.8, 4) is 0 Å². The number of halogens is 1. The molecule has 0 spiro atoms. The first-order chi connectivity index (χ1) is 9.99. The van der Waals surface area contributed by atoms with E-state index in [9.17, 15) is 14.7 Å². The second-order valence-electron chi connectivity index (χ2n) is 4.62. The molecule has 0 saturated carbocycles. The number of amides is 1. The van der Waals surface area contributed by atoms with Gasteiger partial charge >= 0.3 is 5.97 Å². The Kier molecular flexibility index (Phi) is 4.75. The van der Waals surface area contributed by atoms with E-state index >= 15 is 0 Å². The van der Waals surface area contributed by atoms with Crippen LogP contribution < -0.4 is 5.32 Å². The lowest BCUT2D eigenvalue weighted by molar-refractivity contribution is -0.139. The van der Waals surface area contributed by atoms with E-state index < -0.39 is 17.9 Å².